The number of nitrogens with zero attached hydrogens (tertiary/aromatic N) is 3. The maximum atomic E-state index is 13.3. The molecule has 0 saturated heterocycles. The number of amides is 4. The van der Waals surface area contributed by atoms with Gasteiger partial charge in [0.05, 0.1) is 48.0 Å². The molecule has 0 atom stereocenters. The Kier molecular flexibility index (Phi) is 6.05. The van der Waals surface area contributed by atoms with Crippen molar-refractivity contribution in [2.24, 2.45) is 5.10 Å². The molecule has 166 valence electrons. The van der Waals surface area contributed by atoms with Gasteiger partial charge in [0.25, 0.3) is 17.4 Å². The summed E-state index contributed by atoms with van der Waals surface area (Å²) in [6.45, 7) is 2.76. The molecule has 0 saturated carbocycles. The lowest BCUT2D eigenvalue weighted by atomic mass is 10.00. The van der Waals surface area contributed by atoms with Crippen LogP contribution in [0.3, 0.4) is 0 Å². The standard InChI is InChI=1S/C20H19N5O7/c1-10(21-22-19(29)31-3)13-15-14(11(2)25(18(13)28)23-20(30)32-4)16(26)24(17(15)27)12-8-6-5-7-9-12/h5-9H,1-4H3,(H,22,29)(H,23,30)/b21-10+. The molecule has 0 radical (unpaired) electrons. The van der Waals surface area contributed by atoms with Crippen molar-refractivity contribution < 1.29 is 28.7 Å². The second kappa shape index (κ2) is 8.71. The Hall–Kier alpha value is -4.48. The first-order valence-electron chi connectivity index (χ1n) is 9.19. The lowest BCUT2D eigenvalue weighted by molar-refractivity contribution is 0.0925. The van der Waals surface area contributed by atoms with E-state index in [2.05, 4.69) is 25.4 Å². The third-order valence-corrected chi connectivity index (χ3v) is 4.71. The van der Waals surface area contributed by atoms with Crippen LogP contribution in [0.1, 0.15) is 38.9 Å². The summed E-state index contributed by atoms with van der Waals surface area (Å²) in [7, 11) is 2.22. The first kappa shape index (κ1) is 22.2. The lowest BCUT2D eigenvalue weighted by Crippen LogP contribution is -2.39. The van der Waals surface area contributed by atoms with Gasteiger partial charge < -0.3 is 9.47 Å². The van der Waals surface area contributed by atoms with E-state index in [0.29, 0.717) is 5.69 Å². The van der Waals surface area contributed by atoms with Gasteiger partial charge in [-0.1, -0.05) is 18.2 Å². The summed E-state index contributed by atoms with van der Waals surface area (Å²) >= 11 is 0. The number of aromatic nitrogens is 1. The summed E-state index contributed by atoms with van der Waals surface area (Å²) in [5.74, 6) is -1.44. The maximum Gasteiger partial charge on any atom is 0.427 e. The van der Waals surface area contributed by atoms with Crippen molar-refractivity contribution >= 4 is 35.4 Å². The van der Waals surface area contributed by atoms with Crippen LogP contribution >= 0.6 is 0 Å². The lowest BCUT2D eigenvalue weighted by Gasteiger charge is -2.15. The number of hydrazone groups is 1. The number of rotatable bonds is 4. The van der Waals surface area contributed by atoms with E-state index in [1.165, 1.54) is 13.8 Å². The fourth-order valence-corrected chi connectivity index (χ4v) is 3.23. The number of hydrogen-bond acceptors (Lipinski definition) is 8. The molecule has 1 aromatic heterocycles. The number of para-hydroxylation sites is 1. The molecular formula is C20H19N5O7. The molecule has 1 aliphatic rings. The monoisotopic (exact) mass is 441 g/mol. The number of anilines is 1. The number of methoxy groups -OCH3 is 2. The summed E-state index contributed by atoms with van der Waals surface area (Å²) in [5.41, 5.74) is 3.07. The van der Waals surface area contributed by atoms with Crippen molar-refractivity contribution in [3.63, 3.8) is 0 Å². The van der Waals surface area contributed by atoms with Crippen molar-refractivity contribution in [1.29, 1.82) is 0 Å². The zero-order valence-electron chi connectivity index (χ0n) is 17.6. The average Bonchev–Trinajstić information content (AvgIpc) is 3.05. The molecule has 3 rings (SSSR count). The summed E-state index contributed by atoms with van der Waals surface area (Å²) in [4.78, 5) is 63.9. The number of pyridine rings is 1. The van der Waals surface area contributed by atoms with E-state index in [4.69, 9.17) is 0 Å². The minimum atomic E-state index is -0.972. The highest BCUT2D eigenvalue weighted by atomic mass is 16.5. The quantitative estimate of drug-likeness (QED) is 0.413. The summed E-state index contributed by atoms with van der Waals surface area (Å²) in [5, 5.41) is 3.78. The van der Waals surface area contributed by atoms with E-state index in [-0.39, 0.29) is 28.1 Å². The van der Waals surface area contributed by atoms with Crippen molar-refractivity contribution in [3.8, 4) is 0 Å². The number of hydrogen-bond donors (Lipinski definition) is 2. The second-order valence-electron chi connectivity index (χ2n) is 6.54. The normalized spacial score (nSPS) is 13.0. The van der Waals surface area contributed by atoms with E-state index in [9.17, 15) is 24.0 Å². The molecule has 0 aliphatic carbocycles. The maximum absolute atomic E-state index is 13.3. The molecule has 1 aliphatic heterocycles. The number of benzene rings is 1. The average molecular weight is 441 g/mol. The van der Waals surface area contributed by atoms with E-state index in [0.717, 1.165) is 23.8 Å². The largest absolute Gasteiger partial charge is 0.452 e. The number of carbonyl (C=O) groups is 4. The number of ether oxygens (including phenoxy) is 2. The van der Waals surface area contributed by atoms with Crippen LogP contribution in [0.2, 0.25) is 0 Å². The molecule has 12 nitrogen and oxygen atoms in total. The highest BCUT2D eigenvalue weighted by Gasteiger charge is 2.43. The summed E-state index contributed by atoms with van der Waals surface area (Å²) < 4.78 is 9.77. The van der Waals surface area contributed by atoms with E-state index >= 15 is 0 Å². The van der Waals surface area contributed by atoms with Gasteiger partial charge >= 0.3 is 12.2 Å². The predicted octanol–water partition coefficient (Wildman–Crippen LogP) is 1.35. The molecule has 12 heteroatoms. The smallest absolute Gasteiger partial charge is 0.427 e. The van der Waals surface area contributed by atoms with Crippen molar-refractivity contribution in [2.75, 3.05) is 24.5 Å². The zero-order valence-corrected chi connectivity index (χ0v) is 17.6. The SMILES string of the molecule is COC(=O)N/N=C(\C)c1c2c(c(C)n(NC(=O)OC)c1=O)C(=O)N(c1ccccc1)C2=O. The molecule has 2 heterocycles. The first-order valence-corrected chi connectivity index (χ1v) is 9.19. The Balaban J connectivity index is 2.29. The Morgan fingerprint density at radius 1 is 0.938 bits per heavy atom. The molecule has 2 aromatic rings. The third kappa shape index (κ3) is 3.69. The topological polar surface area (TPSA) is 148 Å². The number of nitrogens with one attached hydrogen (secondary N) is 2. The van der Waals surface area contributed by atoms with Gasteiger partial charge in [-0.25, -0.2) is 30.0 Å². The molecular weight excluding hydrogens is 422 g/mol. The highest BCUT2D eigenvalue weighted by Crippen LogP contribution is 2.31. The number of fused-ring (bicyclic) bond motifs is 1. The van der Waals surface area contributed by atoms with Gasteiger partial charge in [-0.2, -0.15) is 5.10 Å². The number of carbonyl (C=O) groups excluding carboxylic acids is 4. The Morgan fingerprint density at radius 2 is 1.53 bits per heavy atom. The van der Waals surface area contributed by atoms with Crippen molar-refractivity contribution in [3.05, 3.63) is 63.1 Å². The molecule has 4 amide bonds. The van der Waals surface area contributed by atoms with Gasteiger partial charge in [0, 0.05) is 0 Å². The van der Waals surface area contributed by atoms with Gasteiger partial charge in [-0.3, -0.25) is 14.4 Å². The van der Waals surface area contributed by atoms with Crippen LogP contribution in [0, 0.1) is 6.92 Å². The van der Waals surface area contributed by atoms with E-state index < -0.39 is 29.6 Å². The third-order valence-electron chi connectivity index (χ3n) is 4.71. The fourth-order valence-electron chi connectivity index (χ4n) is 3.23. The molecule has 0 spiro atoms. The Morgan fingerprint density at radius 3 is 2.12 bits per heavy atom. The fraction of sp³-hybridized carbons (Fsp3) is 0.200. The zero-order chi connectivity index (χ0) is 23.6. The van der Waals surface area contributed by atoms with E-state index in [1.807, 2.05) is 0 Å². The van der Waals surface area contributed by atoms with Gasteiger partial charge in [0.15, 0.2) is 0 Å². The van der Waals surface area contributed by atoms with Gasteiger partial charge in [0.1, 0.15) is 0 Å². The highest BCUT2D eigenvalue weighted by molar-refractivity contribution is 6.36. The van der Waals surface area contributed by atoms with Crippen LogP contribution < -0.4 is 21.3 Å². The predicted molar refractivity (Wildman–Crippen MR) is 113 cm³/mol. The molecule has 32 heavy (non-hydrogen) atoms. The van der Waals surface area contributed by atoms with Gasteiger partial charge in [-0.15, -0.1) is 0 Å². The van der Waals surface area contributed by atoms with Crippen LogP contribution in [0.4, 0.5) is 15.3 Å². The van der Waals surface area contributed by atoms with Crippen LogP contribution in [-0.4, -0.2) is 48.6 Å². The molecule has 0 fully saturated rings. The number of imide groups is 1. The summed E-state index contributed by atoms with van der Waals surface area (Å²) in [6.07, 6.45) is -1.88. The van der Waals surface area contributed by atoms with Gasteiger partial charge in [0.2, 0.25) is 0 Å². The van der Waals surface area contributed by atoms with Crippen LogP contribution in [-0.2, 0) is 9.47 Å². The van der Waals surface area contributed by atoms with Crippen molar-refractivity contribution in [2.45, 2.75) is 13.8 Å². The minimum Gasteiger partial charge on any atom is -0.452 e. The second-order valence-corrected chi connectivity index (χ2v) is 6.54. The van der Waals surface area contributed by atoms with Crippen LogP contribution in [0.25, 0.3) is 0 Å². The minimum absolute atomic E-state index is 0.0182. The van der Waals surface area contributed by atoms with Gasteiger partial charge in [-0.05, 0) is 26.0 Å². The van der Waals surface area contributed by atoms with Crippen LogP contribution in [0.5, 0.6) is 0 Å². The molecule has 2 N–H and O–H groups in total. The Bertz CT molecular complexity index is 1220. The van der Waals surface area contributed by atoms with E-state index in [1.54, 1.807) is 30.3 Å². The molecule has 0 unspecified atom stereocenters. The van der Waals surface area contributed by atoms with Crippen LogP contribution in [0.15, 0.2) is 40.2 Å². The molecule has 0 bridgehead atoms. The summed E-state index contributed by atoms with van der Waals surface area (Å²) in [6, 6.07) is 8.15. The Labute approximate surface area is 181 Å². The molecule has 1 aromatic carbocycles. The van der Waals surface area contributed by atoms with Crippen molar-refractivity contribution in [1.82, 2.24) is 10.1 Å². The first-order chi connectivity index (χ1) is 15.2.